The van der Waals surface area contributed by atoms with E-state index in [4.69, 9.17) is 14.2 Å². The van der Waals surface area contributed by atoms with Crippen LogP contribution in [0.5, 0.6) is 11.5 Å². The summed E-state index contributed by atoms with van der Waals surface area (Å²) in [7, 11) is 0. The van der Waals surface area contributed by atoms with Crippen LogP contribution < -0.4 is 20.1 Å². The summed E-state index contributed by atoms with van der Waals surface area (Å²) in [6.07, 6.45) is 1.55. The van der Waals surface area contributed by atoms with Crippen LogP contribution in [-0.2, 0) is 4.74 Å². The lowest BCUT2D eigenvalue weighted by molar-refractivity contribution is 0.0322. The SMILES string of the molecule is O=C(Nc1ccc(OCCN2CCOCC2)cn1)N[C@@H]1[C@H]2COc3c(F)ccc(F)c3[C@@H]21. The van der Waals surface area contributed by atoms with Crippen LogP contribution in [0.2, 0.25) is 0 Å². The lowest BCUT2D eigenvalue weighted by Crippen LogP contribution is -2.38. The molecule has 0 bridgehead atoms. The van der Waals surface area contributed by atoms with Crippen LogP contribution in [0.4, 0.5) is 19.4 Å². The Kier molecular flexibility index (Phi) is 5.79. The van der Waals surface area contributed by atoms with E-state index in [-0.39, 0.29) is 35.8 Å². The van der Waals surface area contributed by atoms with Gasteiger partial charge in [0.1, 0.15) is 24.0 Å². The number of nitrogens with zero attached hydrogens (tertiary/aromatic N) is 2. The minimum absolute atomic E-state index is 0.0539. The Morgan fingerprint density at radius 2 is 2.00 bits per heavy atom. The van der Waals surface area contributed by atoms with Crippen molar-refractivity contribution in [3.05, 3.63) is 47.7 Å². The first-order valence-corrected chi connectivity index (χ1v) is 10.7. The number of hydrogen-bond acceptors (Lipinski definition) is 6. The van der Waals surface area contributed by atoms with Crippen molar-refractivity contribution in [3.8, 4) is 11.5 Å². The zero-order valence-corrected chi connectivity index (χ0v) is 17.4. The Hall–Kier alpha value is -2.98. The molecular formula is C22H24F2N4O4. The second-order valence-corrected chi connectivity index (χ2v) is 8.08. The molecule has 3 heterocycles. The molecule has 1 aromatic carbocycles. The number of aromatic nitrogens is 1. The molecular weight excluding hydrogens is 422 g/mol. The number of nitrogens with one attached hydrogen (secondary N) is 2. The smallest absolute Gasteiger partial charge is 0.320 e. The molecule has 3 atom stereocenters. The van der Waals surface area contributed by atoms with Crippen LogP contribution in [0, 0.1) is 17.6 Å². The summed E-state index contributed by atoms with van der Waals surface area (Å²) in [5, 5.41) is 5.47. The molecule has 1 saturated carbocycles. The van der Waals surface area contributed by atoms with E-state index in [1.54, 1.807) is 18.3 Å². The molecule has 0 unspecified atom stereocenters. The first-order valence-electron chi connectivity index (χ1n) is 10.7. The number of rotatable bonds is 6. The molecule has 8 nitrogen and oxygen atoms in total. The highest BCUT2D eigenvalue weighted by molar-refractivity contribution is 5.89. The number of fused-ring (bicyclic) bond motifs is 3. The van der Waals surface area contributed by atoms with Crippen molar-refractivity contribution < 1.29 is 27.8 Å². The van der Waals surface area contributed by atoms with E-state index >= 15 is 0 Å². The Morgan fingerprint density at radius 3 is 2.78 bits per heavy atom. The molecule has 10 heteroatoms. The van der Waals surface area contributed by atoms with Gasteiger partial charge in [0.25, 0.3) is 0 Å². The van der Waals surface area contributed by atoms with Crippen LogP contribution >= 0.6 is 0 Å². The van der Waals surface area contributed by atoms with Gasteiger partial charge in [0.2, 0.25) is 0 Å². The average Bonchev–Trinajstić information content (AvgIpc) is 3.50. The second-order valence-electron chi connectivity index (χ2n) is 8.08. The lowest BCUT2D eigenvalue weighted by atomic mass is 10.0. The van der Waals surface area contributed by atoms with Gasteiger partial charge in [-0.2, -0.15) is 0 Å². The van der Waals surface area contributed by atoms with Gasteiger partial charge in [-0.1, -0.05) is 0 Å². The fourth-order valence-electron chi connectivity index (χ4n) is 4.32. The summed E-state index contributed by atoms with van der Waals surface area (Å²) < 4.78 is 44.5. The van der Waals surface area contributed by atoms with Crippen LogP contribution in [0.15, 0.2) is 30.5 Å². The van der Waals surface area contributed by atoms with Crippen molar-refractivity contribution in [2.45, 2.75) is 12.0 Å². The summed E-state index contributed by atoms with van der Waals surface area (Å²) in [5.74, 6) is -0.570. The first-order chi connectivity index (χ1) is 15.6. The number of pyridine rings is 1. The molecule has 32 heavy (non-hydrogen) atoms. The third-order valence-corrected chi connectivity index (χ3v) is 6.07. The summed E-state index contributed by atoms with van der Waals surface area (Å²) in [6.45, 7) is 4.89. The number of anilines is 1. The Labute approximate surface area is 183 Å². The van der Waals surface area contributed by atoms with Crippen molar-refractivity contribution in [1.82, 2.24) is 15.2 Å². The zero-order valence-electron chi connectivity index (χ0n) is 17.4. The molecule has 0 spiro atoms. The summed E-state index contributed by atoms with van der Waals surface area (Å²) in [6, 6.07) is 4.74. The van der Waals surface area contributed by atoms with E-state index in [0.29, 0.717) is 18.2 Å². The largest absolute Gasteiger partial charge is 0.491 e. The minimum Gasteiger partial charge on any atom is -0.491 e. The number of carbonyl (C=O) groups excluding carboxylic acids is 1. The third-order valence-electron chi connectivity index (χ3n) is 6.07. The highest BCUT2D eigenvalue weighted by Crippen LogP contribution is 2.55. The lowest BCUT2D eigenvalue weighted by Gasteiger charge is -2.26. The van der Waals surface area contributed by atoms with Crippen molar-refractivity contribution in [2.24, 2.45) is 5.92 Å². The summed E-state index contributed by atoms with van der Waals surface area (Å²) >= 11 is 0. The zero-order chi connectivity index (χ0) is 22.1. The van der Waals surface area contributed by atoms with Gasteiger partial charge in [0, 0.05) is 43.1 Å². The molecule has 5 rings (SSSR count). The maximum atomic E-state index is 14.2. The van der Waals surface area contributed by atoms with E-state index in [1.165, 1.54) is 0 Å². The fraction of sp³-hybridized carbons (Fsp3) is 0.455. The van der Waals surface area contributed by atoms with Gasteiger partial charge in [-0.05, 0) is 24.3 Å². The van der Waals surface area contributed by atoms with Crippen molar-refractivity contribution >= 4 is 11.8 Å². The number of ether oxygens (including phenoxy) is 3. The fourth-order valence-corrected chi connectivity index (χ4v) is 4.32. The molecule has 1 aromatic heterocycles. The van der Waals surface area contributed by atoms with E-state index < -0.39 is 17.7 Å². The van der Waals surface area contributed by atoms with E-state index in [1.807, 2.05) is 0 Å². The number of carbonyl (C=O) groups is 1. The summed E-state index contributed by atoms with van der Waals surface area (Å²) in [4.78, 5) is 18.9. The maximum Gasteiger partial charge on any atom is 0.320 e. The number of benzene rings is 1. The van der Waals surface area contributed by atoms with Crippen LogP contribution in [0.3, 0.4) is 0 Å². The Bertz CT molecular complexity index is 985. The van der Waals surface area contributed by atoms with E-state index in [2.05, 4.69) is 20.5 Å². The van der Waals surface area contributed by atoms with Crippen LogP contribution in [0.1, 0.15) is 11.5 Å². The molecule has 170 valence electrons. The summed E-state index contributed by atoms with van der Waals surface area (Å²) in [5.41, 5.74) is 0.197. The number of hydrogen-bond donors (Lipinski definition) is 2. The molecule has 3 aliphatic rings. The van der Waals surface area contributed by atoms with Crippen LogP contribution in [0.25, 0.3) is 0 Å². The molecule has 2 N–H and O–H groups in total. The van der Waals surface area contributed by atoms with E-state index in [9.17, 15) is 13.6 Å². The molecule has 0 radical (unpaired) electrons. The third kappa shape index (κ3) is 4.33. The van der Waals surface area contributed by atoms with E-state index in [0.717, 1.165) is 45.0 Å². The Balaban J connectivity index is 1.11. The number of morpholine rings is 1. The van der Waals surface area contributed by atoms with Gasteiger partial charge in [0.05, 0.1) is 26.0 Å². The van der Waals surface area contributed by atoms with Crippen molar-refractivity contribution in [3.63, 3.8) is 0 Å². The minimum atomic E-state index is -0.591. The van der Waals surface area contributed by atoms with Gasteiger partial charge in [-0.25, -0.2) is 18.6 Å². The predicted octanol–water partition coefficient (Wildman–Crippen LogP) is 2.37. The highest BCUT2D eigenvalue weighted by Gasteiger charge is 2.57. The quantitative estimate of drug-likeness (QED) is 0.709. The van der Waals surface area contributed by atoms with Gasteiger partial charge >= 0.3 is 6.03 Å². The van der Waals surface area contributed by atoms with Crippen molar-refractivity contribution in [1.29, 1.82) is 0 Å². The highest BCUT2D eigenvalue weighted by atomic mass is 19.1. The number of halogens is 2. The molecule has 2 amide bonds. The first kappa shape index (κ1) is 20.9. The molecule has 2 fully saturated rings. The average molecular weight is 446 g/mol. The number of urea groups is 1. The molecule has 1 aliphatic carbocycles. The normalized spacial score (nSPS) is 24.0. The molecule has 1 saturated heterocycles. The number of amides is 2. The van der Waals surface area contributed by atoms with Crippen molar-refractivity contribution in [2.75, 3.05) is 51.4 Å². The van der Waals surface area contributed by atoms with Gasteiger partial charge < -0.3 is 19.5 Å². The predicted molar refractivity (Wildman–Crippen MR) is 111 cm³/mol. The van der Waals surface area contributed by atoms with Gasteiger partial charge in [-0.15, -0.1) is 0 Å². The Morgan fingerprint density at radius 1 is 1.19 bits per heavy atom. The monoisotopic (exact) mass is 446 g/mol. The van der Waals surface area contributed by atoms with Gasteiger partial charge in [-0.3, -0.25) is 10.2 Å². The van der Waals surface area contributed by atoms with Crippen LogP contribution in [-0.4, -0.2) is 68.0 Å². The molecule has 2 aliphatic heterocycles. The van der Waals surface area contributed by atoms with Gasteiger partial charge in [0.15, 0.2) is 11.6 Å². The second kappa shape index (κ2) is 8.87. The standard InChI is InChI=1S/C22H24F2N4O4/c23-15-2-3-16(24)21-19(15)18-14(12-32-21)20(18)27-22(29)26-17-4-1-13(11-25-17)31-10-7-28-5-8-30-9-6-28/h1-4,11,14,18,20H,5-10,12H2,(H2,25,26,27,29)/t14-,18+,20+/m0/s1. The topological polar surface area (TPSA) is 85.0 Å². The maximum absolute atomic E-state index is 14.2. The molecule has 2 aromatic rings.